The Labute approximate surface area is 85.5 Å². The lowest BCUT2D eigenvalue weighted by atomic mass is 9.72. The summed E-state index contributed by atoms with van der Waals surface area (Å²) >= 11 is 0. The van der Waals surface area contributed by atoms with E-state index in [-0.39, 0.29) is 5.96 Å². The van der Waals surface area contributed by atoms with E-state index in [0.717, 1.165) is 25.0 Å². The highest BCUT2D eigenvalue weighted by atomic mass is 15.3. The number of nitrogens with zero attached hydrogens (tertiary/aromatic N) is 2. The highest BCUT2D eigenvalue weighted by molar-refractivity contribution is 5.88. The Bertz CT molecular complexity index is 261. The van der Waals surface area contributed by atoms with Crippen molar-refractivity contribution in [3.63, 3.8) is 0 Å². The Balaban J connectivity index is 2.67. The molecule has 0 bridgehead atoms. The monoisotopic (exact) mass is 196 g/mol. The number of hydrogen-bond donors (Lipinski definition) is 2. The van der Waals surface area contributed by atoms with E-state index in [9.17, 15) is 0 Å². The first kappa shape index (κ1) is 11.0. The van der Waals surface area contributed by atoms with Gasteiger partial charge in [0, 0.05) is 5.71 Å². The van der Waals surface area contributed by atoms with Gasteiger partial charge in [-0.25, -0.2) is 0 Å². The average molecular weight is 196 g/mol. The van der Waals surface area contributed by atoms with Crippen LogP contribution in [0, 0.1) is 11.3 Å². The van der Waals surface area contributed by atoms with Crippen LogP contribution in [0.2, 0.25) is 0 Å². The second-order valence-electron chi connectivity index (χ2n) is 4.89. The number of rotatable bonds is 1. The molecule has 1 fully saturated rings. The molecule has 4 nitrogen and oxygen atoms in total. The fraction of sp³-hybridized carbons (Fsp3) is 0.800. The maximum atomic E-state index is 5.23. The summed E-state index contributed by atoms with van der Waals surface area (Å²) in [5.41, 5.74) is 12.0. The Morgan fingerprint density at radius 1 is 1.43 bits per heavy atom. The summed E-state index contributed by atoms with van der Waals surface area (Å²) in [7, 11) is 0. The molecular weight excluding hydrogens is 176 g/mol. The van der Waals surface area contributed by atoms with E-state index in [4.69, 9.17) is 11.5 Å². The predicted octanol–water partition coefficient (Wildman–Crippen LogP) is 1.46. The second kappa shape index (κ2) is 3.98. The van der Waals surface area contributed by atoms with Crippen LogP contribution in [-0.2, 0) is 0 Å². The average Bonchev–Trinajstić information content (AvgIpc) is 2.00. The van der Waals surface area contributed by atoms with Crippen LogP contribution in [0.3, 0.4) is 0 Å². The lowest BCUT2D eigenvalue weighted by molar-refractivity contribution is 0.265. The minimum atomic E-state index is 0.0366. The van der Waals surface area contributed by atoms with Gasteiger partial charge in [0.15, 0.2) is 0 Å². The molecule has 0 heterocycles. The molecule has 1 aliphatic rings. The predicted molar refractivity (Wildman–Crippen MR) is 60.0 cm³/mol. The Hall–Kier alpha value is -1.06. The van der Waals surface area contributed by atoms with Gasteiger partial charge in [0.25, 0.3) is 0 Å². The van der Waals surface area contributed by atoms with Crippen molar-refractivity contribution in [1.82, 2.24) is 0 Å². The van der Waals surface area contributed by atoms with Crippen LogP contribution in [0.5, 0.6) is 0 Å². The molecule has 4 N–H and O–H groups in total. The largest absolute Gasteiger partial charge is 0.369 e. The van der Waals surface area contributed by atoms with Gasteiger partial charge < -0.3 is 11.5 Å². The molecule has 0 aromatic rings. The van der Waals surface area contributed by atoms with E-state index in [1.807, 2.05) is 0 Å². The number of hydrogen-bond acceptors (Lipinski definition) is 2. The molecule has 0 amide bonds. The maximum absolute atomic E-state index is 5.23. The van der Waals surface area contributed by atoms with Crippen LogP contribution in [0.25, 0.3) is 0 Å². The third kappa shape index (κ3) is 3.01. The molecule has 0 aromatic carbocycles. The molecule has 1 unspecified atom stereocenters. The van der Waals surface area contributed by atoms with Gasteiger partial charge in [0.1, 0.15) is 0 Å². The standard InChI is InChI=1S/C10H20N4/c1-7-6-10(2,3)5-4-8(7)13-14-9(11)12/h7H,4-6H2,1-3H3,(H4,11,12,14)/b13-8+. The van der Waals surface area contributed by atoms with E-state index >= 15 is 0 Å². The van der Waals surface area contributed by atoms with Crippen molar-refractivity contribution in [1.29, 1.82) is 0 Å². The Morgan fingerprint density at radius 2 is 2.07 bits per heavy atom. The number of nitrogens with two attached hydrogens (primary N) is 2. The zero-order valence-electron chi connectivity index (χ0n) is 9.25. The molecule has 1 rings (SSSR count). The van der Waals surface area contributed by atoms with Gasteiger partial charge in [-0.3, -0.25) is 0 Å². The summed E-state index contributed by atoms with van der Waals surface area (Å²) in [6, 6.07) is 0. The van der Waals surface area contributed by atoms with Crippen LogP contribution < -0.4 is 11.5 Å². The summed E-state index contributed by atoms with van der Waals surface area (Å²) < 4.78 is 0. The van der Waals surface area contributed by atoms with Crippen LogP contribution in [0.1, 0.15) is 40.0 Å². The van der Waals surface area contributed by atoms with Crippen LogP contribution in [-0.4, -0.2) is 11.7 Å². The highest BCUT2D eigenvalue weighted by Gasteiger charge is 2.29. The Kier molecular flexibility index (Phi) is 3.13. The van der Waals surface area contributed by atoms with Crippen molar-refractivity contribution in [3.8, 4) is 0 Å². The van der Waals surface area contributed by atoms with Crippen molar-refractivity contribution in [3.05, 3.63) is 0 Å². The molecule has 0 aliphatic heterocycles. The molecule has 0 spiro atoms. The fourth-order valence-corrected chi connectivity index (χ4v) is 2.03. The third-order valence-corrected chi connectivity index (χ3v) is 2.78. The zero-order chi connectivity index (χ0) is 10.8. The highest BCUT2D eigenvalue weighted by Crippen LogP contribution is 2.36. The minimum Gasteiger partial charge on any atom is -0.369 e. The van der Waals surface area contributed by atoms with Gasteiger partial charge in [0.2, 0.25) is 5.96 Å². The molecule has 14 heavy (non-hydrogen) atoms. The summed E-state index contributed by atoms with van der Waals surface area (Å²) in [6.07, 6.45) is 3.33. The van der Waals surface area contributed by atoms with E-state index in [0.29, 0.717) is 11.3 Å². The molecular formula is C10H20N4. The molecule has 1 saturated carbocycles. The van der Waals surface area contributed by atoms with Gasteiger partial charge in [-0.05, 0) is 30.6 Å². The normalized spacial score (nSPS) is 28.8. The quantitative estimate of drug-likeness (QED) is 0.378. The Morgan fingerprint density at radius 3 is 2.57 bits per heavy atom. The first-order valence-electron chi connectivity index (χ1n) is 5.06. The van der Waals surface area contributed by atoms with Gasteiger partial charge in [-0.15, -0.1) is 5.10 Å². The van der Waals surface area contributed by atoms with E-state index < -0.39 is 0 Å². The smallest absolute Gasteiger partial charge is 0.211 e. The van der Waals surface area contributed by atoms with Crippen molar-refractivity contribution in [2.24, 2.45) is 33.0 Å². The van der Waals surface area contributed by atoms with Crippen LogP contribution >= 0.6 is 0 Å². The van der Waals surface area contributed by atoms with Gasteiger partial charge in [-0.1, -0.05) is 20.8 Å². The van der Waals surface area contributed by atoms with Crippen molar-refractivity contribution >= 4 is 11.7 Å². The van der Waals surface area contributed by atoms with Crippen molar-refractivity contribution in [2.45, 2.75) is 40.0 Å². The van der Waals surface area contributed by atoms with Crippen LogP contribution in [0.4, 0.5) is 0 Å². The molecule has 0 saturated heterocycles. The third-order valence-electron chi connectivity index (χ3n) is 2.78. The molecule has 1 atom stereocenters. The number of guanidine groups is 1. The van der Waals surface area contributed by atoms with E-state index in [1.54, 1.807) is 0 Å². The zero-order valence-corrected chi connectivity index (χ0v) is 9.25. The lowest BCUT2D eigenvalue weighted by Crippen LogP contribution is -2.28. The molecule has 0 radical (unpaired) electrons. The molecule has 1 aliphatic carbocycles. The first-order valence-corrected chi connectivity index (χ1v) is 5.06. The van der Waals surface area contributed by atoms with E-state index in [2.05, 4.69) is 31.0 Å². The summed E-state index contributed by atoms with van der Waals surface area (Å²) in [5.74, 6) is 0.524. The fourth-order valence-electron chi connectivity index (χ4n) is 2.03. The van der Waals surface area contributed by atoms with Gasteiger partial charge in [-0.2, -0.15) is 5.10 Å². The molecule has 80 valence electrons. The lowest BCUT2D eigenvalue weighted by Gasteiger charge is -2.34. The molecule has 4 heteroatoms. The maximum Gasteiger partial charge on any atom is 0.211 e. The topological polar surface area (TPSA) is 76.8 Å². The van der Waals surface area contributed by atoms with Crippen molar-refractivity contribution < 1.29 is 0 Å². The van der Waals surface area contributed by atoms with E-state index in [1.165, 1.54) is 0 Å². The van der Waals surface area contributed by atoms with Crippen LogP contribution in [0.15, 0.2) is 10.2 Å². The van der Waals surface area contributed by atoms with Gasteiger partial charge >= 0.3 is 0 Å². The summed E-state index contributed by atoms with van der Waals surface area (Å²) in [5, 5.41) is 7.79. The summed E-state index contributed by atoms with van der Waals surface area (Å²) in [4.78, 5) is 0. The van der Waals surface area contributed by atoms with Crippen molar-refractivity contribution in [2.75, 3.05) is 0 Å². The first-order chi connectivity index (χ1) is 6.41. The summed E-state index contributed by atoms with van der Waals surface area (Å²) in [6.45, 7) is 6.77. The van der Waals surface area contributed by atoms with Gasteiger partial charge in [0.05, 0.1) is 0 Å². The second-order valence-corrected chi connectivity index (χ2v) is 4.89. The molecule has 0 aromatic heterocycles. The minimum absolute atomic E-state index is 0.0366. The SMILES string of the molecule is CC1CC(C)(C)CC/C1=N\N=C(N)N.